The summed E-state index contributed by atoms with van der Waals surface area (Å²) >= 11 is 5.81. The van der Waals surface area contributed by atoms with Gasteiger partial charge < -0.3 is 10.4 Å². The summed E-state index contributed by atoms with van der Waals surface area (Å²) in [5.41, 5.74) is 0. The summed E-state index contributed by atoms with van der Waals surface area (Å²) in [4.78, 5) is 15.4. The van der Waals surface area contributed by atoms with Gasteiger partial charge in [0, 0.05) is 12.4 Å². The zero-order valence-electron chi connectivity index (χ0n) is 11.1. The highest BCUT2D eigenvalue weighted by molar-refractivity contribution is 6.30. The Hall–Kier alpha value is -2.15. The molecule has 1 aliphatic rings. The maximum atomic E-state index is 11.3. The van der Waals surface area contributed by atoms with Crippen LogP contribution in [-0.2, 0) is 4.79 Å². The van der Waals surface area contributed by atoms with E-state index in [1.165, 1.54) is 0 Å². The Labute approximate surface area is 125 Å². The summed E-state index contributed by atoms with van der Waals surface area (Å²) in [7, 11) is 0. The van der Waals surface area contributed by atoms with Crippen LogP contribution in [0.1, 0.15) is 18.9 Å². The van der Waals surface area contributed by atoms with E-state index in [1.54, 1.807) is 35.4 Å². The number of carboxylic acids is 1. The van der Waals surface area contributed by atoms with Gasteiger partial charge in [0.05, 0.1) is 29.2 Å². The molecule has 21 heavy (non-hydrogen) atoms. The van der Waals surface area contributed by atoms with Crippen LogP contribution >= 0.6 is 11.6 Å². The highest BCUT2D eigenvalue weighted by Crippen LogP contribution is 2.36. The van der Waals surface area contributed by atoms with E-state index < -0.39 is 11.9 Å². The molecular formula is C13H14ClN5O2. The summed E-state index contributed by atoms with van der Waals surface area (Å²) < 4.78 is 1.70. The predicted octanol–water partition coefficient (Wildman–Crippen LogP) is 1.84. The van der Waals surface area contributed by atoms with Gasteiger partial charge in [-0.25, -0.2) is 9.67 Å². The second-order valence-electron chi connectivity index (χ2n) is 5.07. The molecule has 1 unspecified atom stereocenters. The summed E-state index contributed by atoms with van der Waals surface area (Å²) in [6.45, 7) is 0. The number of nitrogens with zero attached hydrogens (tertiary/aromatic N) is 4. The van der Waals surface area contributed by atoms with Gasteiger partial charge in [0.2, 0.25) is 0 Å². The summed E-state index contributed by atoms with van der Waals surface area (Å²) in [6, 6.07) is 3.38. The van der Waals surface area contributed by atoms with Gasteiger partial charge in [-0.05, 0) is 25.0 Å². The number of pyridine rings is 1. The average molecular weight is 308 g/mol. The standard InChI is InChI=1S/C13H14ClN5O2/c14-9-1-2-12(15-7-9)17-10-5-8(13(20)21)6-11(10)19-4-3-16-18-19/h1-4,7-8,10-11H,5-6H2,(H,15,17)(H,20,21)/t8?,10-,11+/m1/s1. The molecule has 0 bridgehead atoms. The number of rotatable bonds is 4. The van der Waals surface area contributed by atoms with E-state index in [4.69, 9.17) is 11.6 Å². The molecule has 0 aliphatic heterocycles. The molecule has 110 valence electrons. The molecule has 2 aromatic heterocycles. The number of aromatic nitrogens is 4. The van der Waals surface area contributed by atoms with Crippen LogP contribution in [0.2, 0.25) is 5.02 Å². The minimum Gasteiger partial charge on any atom is -0.481 e. The van der Waals surface area contributed by atoms with Crippen molar-refractivity contribution in [3.05, 3.63) is 35.7 Å². The topological polar surface area (TPSA) is 92.9 Å². The highest BCUT2D eigenvalue weighted by atomic mass is 35.5. The van der Waals surface area contributed by atoms with Crippen LogP contribution in [0, 0.1) is 5.92 Å². The average Bonchev–Trinajstić information content (AvgIpc) is 3.10. The van der Waals surface area contributed by atoms with E-state index in [-0.39, 0.29) is 12.1 Å². The quantitative estimate of drug-likeness (QED) is 0.895. The molecule has 2 N–H and O–H groups in total. The van der Waals surface area contributed by atoms with Crippen LogP contribution in [0.5, 0.6) is 0 Å². The van der Waals surface area contributed by atoms with Gasteiger partial charge in [-0.1, -0.05) is 16.8 Å². The first-order valence-electron chi connectivity index (χ1n) is 6.60. The van der Waals surface area contributed by atoms with Crippen LogP contribution in [0.4, 0.5) is 5.82 Å². The number of hydrogen-bond donors (Lipinski definition) is 2. The molecule has 3 atom stereocenters. The first-order chi connectivity index (χ1) is 10.1. The number of hydrogen-bond acceptors (Lipinski definition) is 5. The van der Waals surface area contributed by atoms with E-state index in [2.05, 4.69) is 20.6 Å². The molecule has 1 fully saturated rings. The molecule has 3 rings (SSSR count). The van der Waals surface area contributed by atoms with E-state index in [9.17, 15) is 9.90 Å². The maximum Gasteiger partial charge on any atom is 0.306 e. The Bertz CT molecular complexity index is 616. The lowest BCUT2D eigenvalue weighted by Crippen LogP contribution is -2.27. The van der Waals surface area contributed by atoms with Crippen molar-refractivity contribution in [3.63, 3.8) is 0 Å². The van der Waals surface area contributed by atoms with E-state index in [0.717, 1.165) is 0 Å². The molecular weight excluding hydrogens is 294 g/mol. The Morgan fingerprint density at radius 2 is 2.29 bits per heavy atom. The third-order valence-electron chi connectivity index (χ3n) is 3.72. The minimum atomic E-state index is -0.784. The van der Waals surface area contributed by atoms with Crippen molar-refractivity contribution in [3.8, 4) is 0 Å². The van der Waals surface area contributed by atoms with Crippen LogP contribution in [0.15, 0.2) is 30.7 Å². The third kappa shape index (κ3) is 2.97. The minimum absolute atomic E-state index is 0.0638. The normalized spacial score (nSPS) is 24.9. The van der Waals surface area contributed by atoms with Crippen molar-refractivity contribution in [2.45, 2.75) is 24.9 Å². The SMILES string of the molecule is O=C(O)C1C[C@@H](Nc2ccc(Cl)cn2)[C@@H](n2ccnn2)C1. The van der Waals surface area contributed by atoms with Crippen molar-refractivity contribution in [2.75, 3.05) is 5.32 Å². The fraction of sp³-hybridized carbons (Fsp3) is 0.385. The van der Waals surface area contributed by atoms with Crippen molar-refractivity contribution in [1.29, 1.82) is 0 Å². The lowest BCUT2D eigenvalue weighted by molar-refractivity contribution is -0.141. The number of carboxylic acid groups (broad SMARTS) is 1. The monoisotopic (exact) mass is 307 g/mol. The fourth-order valence-electron chi connectivity index (χ4n) is 2.71. The summed E-state index contributed by atoms with van der Waals surface area (Å²) in [5.74, 6) is -0.516. The molecule has 0 spiro atoms. The Kier molecular flexibility index (Phi) is 3.74. The predicted molar refractivity (Wildman–Crippen MR) is 76.1 cm³/mol. The number of aliphatic carboxylic acids is 1. The smallest absolute Gasteiger partial charge is 0.306 e. The van der Waals surface area contributed by atoms with E-state index in [1.807, 2.05) is 0 Å². The molecule has 0 aromatic carbocycles. The molecule has 7 nitrogen and oxygen atoms in total. The lowest BCUT2D eigenvalue weighted by Gasteiger charge is -2.21. The van der Waals surface area contributed by atoms with Crippen LogP contribution in [0.3, 0.4) is 0 Å². The first-order valence-corrected chi connectivity index (χ1v) is 6.98. The van der Waals surface area contributed by atoms with Gasteiger partial charge in [0.1, 0.15) is 5.82 Å². The number of carbonyl (C=O) groups is 1. The molecule has 0 amide bonds. The zero-order chi connectivity index (χ0) is 14.8. The molecule has 1 saturated carbocycles. The molecule has 2 aromatic rings. The molecule has 1 aliphatic carbocycles. The summed E-state index contributed by atoms with van der Waals surface area (Å²) in [5, 5.41) is 20.9. The van der Waals surface area contributed by atoms with Gasteiger partial charge in [0.25, 0.3) is 0 Å². The van der Waals surface area contributed by atoms with Gasteiger partial charge in [-0.15, -0.1) is 5.10 Å². The molecule has 0 radical (unpaired) electrons. The van der Waals surface area contributed by atoms with E-state index >= 15 is 0 Å². The number of nitrogens with one attached hydrogen (secondary N) is 1. The Morgan fingerprint density at radius 1 is 1.43 bits per heavy atom. The fourth-order valence-corrected chi connectivity index (χ4v) is 2.82. The highest BCUT2D eigenvalue weighted by Gasteiger charge is 2.39. The van der Waals surface area contributed by atoms with Gasteiger partial charge >= 0.3 is 5.97 Å². The zero-order valence-corrected chi connectivity index (χ0v) is 11.8. The number of halogens is 1. The maximum absolute atomic E-state index is 11.3. The Morgan fingerprint density at radius 3 is 2.90 bits per heavy atom. The lowest BCUT2D eigenvalue weighted by atomic mass is 10.1. The number of anilines is 1. The third-order valence-corrected chi connectivity index (χ3v) is 3.94. The Balaban J connectivity index is 1.80. The van der Waals surface area contributed by atoms with Crippen molar-refractivity contribution >= 4 is 23.4 Å². The molecule has 2 heterocycles. The van der Waals surface area contributed by atoms with Gasteiger partial charge in [-0.2, -0.15) is 0 Å². The van der Waals surface area contributed by atoms with Gasteiger partial charge in [0.15, 0.2) is 0 Å². The second-order valence-corrected chi connectivity index (χ2v) is 5.51. The van der Waals surface area contributed by atoms with Crippen LogP contribution in [-0.4, -0.2) is 37.1 Å². The van der Waals surface area contributed by atoms with Crippen molar-refractivity contribution in [1.82, 2.24) is 20.0 Å². The summed E-state index contributed by atoms with van der Waals surface area (Å²) in [6.07, 6.45) is 5.93. The first kappa shape index (κ1) is 13.8. The van der Waals surface area contributed by atoms with Crippen molar-refractivity contribution < 1.29 is 9.90 Å². The van der Waals surface area contributed by atoms with Crippen LogP contribution in [0.25, 0.3) is 0 Å². The molecule has 0 saturated heterocycles. The largest absolute Gasteiger partial charge is 0.481 e. The van der Waals surface area contributed by atoms with E-state index in [0.29, 0.717) is 23.7 Å². The second kappa shape index (κ2) is 5.69. The molecule has 8 heteroatoms. The van der Waals surface area contributed by atoms with Crippen molar-refractivity contribution in [2.24, 2.45) is 5.92 Å². The van der Waals surface area contributed by atoms with Crippen LogP contribution < -0.4 is 5.32 Å². The van der Waals surface area contributed by atoms with Gasteiger partial charge in [-0.3, -0.25) is 4.79 Å².